The number of rotatable bonds is 8. The lowest BCUT2D eigenvalue weighted by Crippen LogP contribution is -2.31. The van der Waals surface area contributed by atoms with Crippen LogP contribution in [0.3, 0.4) is 0 Å². The van der Waals surface area contributed by atoms with Crippen LogP contribution in [0.2, 0.25) is 0 Å². The number of ether oxygens (including phenoxy) is 2. The third-order valence-corrected chi connectivity index (χ3v) is 6.96. The van der Waals surface area contributed by atoms with E-state index in [1.807, 2.05) is 43.3 Å². The highest BCUT2D eigenvalue weighted by molar-refractivity contribution is 9.10. The monoisotopic (exact) mass is 606 g/mol. The Bertz CT molecular complexity index is 1220. The average molecular weight is 608 g/mol. The largest absolute Gasteiger partial charge is 0.490 e. The predicted molar refractivity (Wildman–Crippen MR) is 141 cm³/mol. The Hall–Kier alpha value is -2.49. The Morgan fingerprint density at radius 2 is 1.88 bits per heavy atom. The fourth-order valence-electron chi connectivity index (χ4n) is 3.25. The summed E-state index contributed by atoms with van der Waals surface area (Å²) in [7, 11) is 0. The minimum absolute atomic E-state index is 0.233. The lowest BCUT2D eigenvalue weighted by molar-refractivity contribution is -0.116. The van der Waals surface area contributed by atoms with Gasteiger partial charge in [0.05, 0.1) is 21.7 Å². The lowest BCUT2D eigenvalue weighted by Gasteiger charge is -2.15. The van der Waals surface area contributed by atoms with E-state index in [4.69, 9.17) is 9.47 Å². The Kier molecular flexibility index (Phi) is 8.18. The molecule has 34 heavy (non-hydrogen) atoms. The van der Waals surface area contributed by atoms with Gasteiger partial charge in [-0.2, -0.15) is 0 Å². The molecule has 0 radical (unpaired) electrons. The number of carbonyl (C=O) groups excluding carboxylic acids is 1. The molecule has 0 bridgehead atoms. The summed E-state index contributed by atoms with van der Waals surface area (Å²) in [6.45, 7) is 2.75. The number of thioether (sulfide) groups is 1. The first-order chi connectivity index (χ1) is 16.4. The van der Waals surface area contributed by atoms with Crippen molar-refractivity contribution in [2.75, 3.05) is 11.9 Å². The molecule has 1 aliphatic rings. The summed E-state index contributed by atoms with van der Waals surface area (Å²) in [5, 5.41) is 5.82. The van der Waals surface area contributed by atoms with E-state index in [1.54, 1.807) is 24.3 Å². The van der Waals surface area contributed by atoms with Crippen LogP contribution in [0.25, 0.3) is 6.08 Å². The molecule has 1 atom stereocenters. The number of benzene rings is 3. The number of anilines is 1. The van der Waals surface area contributed by atoms with Gasteiger partial charge in [-0.3, -0.25) is 4.79 Å². The molecule has 1 unspecified atom stereocenters. The maximum absolute atomic E-state index is 13.9. The van der Waals surface area contributed by atoms with E-state index < -0.39 is 5.50 Å². The quantitative estimate of drug-likeness (QED) is 0.272. The van der Waals surface area contributed by atoms with Crippen molar-refractivity contribution in [3.8, 4) is 11.5 Å². The fraction of sp³-hybridized carbons (Fsp3) is 0.160. The van der Waals surface area contributed by atoms with Gasteiger partial charge in [0.2, 0.25) is 0 Å². The number of hydrogen-bond donors (Lipinski definition) is 2. The SMILES string of the molecule is CCOc1cc(/C=C2\SC(Nc3ccccc3F)NC2=O)cc(Br)c1OCc1ccc(Br)cc1. The molecule has 9 heteroatoms. The van der Waals surface area contributed by atoms with E-state index in [-0.39, 0.29) is 11.7 Å². The first-order valence-corrected chi connectivity index (χ1v) is 12.9. The molecular weight excluding hydrogens is 587 g/mol. The third-order valence-electron chi connectivity index (χ3n) is 4.82. The van der Waals surface area contributed by atoms with Crippen molar-refractivity contribution in [3.63, 3.8) is 0 Å². The third kappa shape index (κ3) is 6.14. The molecule has 1 heterocycles. The molecule has 5 nitrogen and oxygen atoms in total. The van der Waals surface area contributed by atoms with E-state index in [9.17, 15) is 9.18 Å². The van der Waals surface area contributed by atoms with Crippen molar-refractivity contribution in [3.05, 3.63) is 91.5 Å². The van der Waals surface area contributed by atoms with Gasteiger partial charge in [-0.25, -0.2) is 4.39 Å². The highest BCUT2D eigenvalue weighted by atomic mass is 79.9. The molecule has 4 rings (SSSR count). The number of amides is 1. The molecule has 1 fully saturated rings. The molecule has 1 aliphatic heterocycles. The zero-order chi connectivity index (χ0) is 24.1. The number of carbonyl (C=O) groups is 1. The second-order valence-corrected chi connectivity index (χ2v) is 10.2. The summed E-state index contributed by atoms with van der Waals surface area (Å²) in [6, 6.07) is 18.0. The minimum atomic E-state index is -0.473. The molecule has 0 spiro atoms. The van der Waals surface area contributed by atoms with E-state index >= 15 is 0 Å². The van der Waals surface area contributed by atoms with Crippen molar-refractivity contribution in [1.29, 1.82) is 0 Å². The van der Waals surface area contributed by atoms with E-state index in [1.165, 1.54) is 17.8 Å². The van der Waals surface area contributed by atoms with Crippen LogP contribution in [0, 0.1) is 5.82 Å². The van der Waals surface area contributed by atoms with Gasteiger partial charge >= 0.3 is 0 Å². The molecule has 176 valence electrons. The predicted octanol–water partition coefficient (Wildman–Crippen LogP) is 6.93. The maximum Gasteiger partial charge on any atom is 0.260 e. The topological polar surface area (TPSA) is 59.6 Å². The molecule has 0 aromatic heterocycles. The van der Waals surface area contributed by atoms with E-state index in [0.29, 0.717) is 39.8 Å². The Labute approximate surface area is 218 Å². The van der Waals surface area contributed by atoms with Gasteiger partial charge in [-0.05, 0) is 76.5 Å². The molecule has 2 N–H and O–H groups in total. The maximum atomic E-state index is 13.9. The Morgan fingerprint density at radius 1 is 1.12 bits per heavy atom. The molecule has 0 saturated carbocycles. The number of nitrogens with one attached hydrogen (secondary N) is 2. The van der Waals surface area contributed by atoms with Crippen LogP contribution < -0.4 is 20.1 Å². The number of para-hydroxylation sites is 1. The zero-order valence-electron chi connectivity index (χ0n) is 18.1. The smallest absolute Gasteiger partial charge is 0.260 e. The van der Waals surface area contributed by atoms with Crippen molar-refractivity contribution < 1.29 is 18.7 Å². The van der Waals surface area contributed by atoms with Gasteiger partial charge in [-0.15, -0.1) is 0 Å². The summed E-state index contributed by atoms with van der Waals surface area (Å²) in [5.41, 5.74) is 1.65. The van der Waals surface area contributed by atoms with Gasteiger partial charge in [-0.1, -0.05) is 52.0 Å². The van der Waals surface area contributed by atoms with Gasteiger partial charge < -0.3 is 20.1 Å². The standard InChI is InChI=1S/C25H21Br2FN2O3S/c1-2-32-21-12-16(11-18(27)23(21)33-14-15-7-9-17(26)10-8-15)13-22-24(31)30-25(34-22)29-20-6-4-3-5-19(20)28/h3-13,25,29H,2,14H2,1H3,(H,30,31)/b22-13-. The molecule has 3 aromatic carbocycles. The first kappa shape index (κ1) is 24.6. The Balaban J connectivity index is 1.51. The summed E-state index contributed by atoms with van der Waals surface area (Å²) in [6.07, 6.45) is 1.77. The Morgan fingerprint density at radius 3 is 2.62 bits per heavy atom. The van der Waals surface area contributed by atoms with Crippen LogP contribution >= 0.6 is 43.6 Å². The number of hydrogen-bond acceptors (Lipinski definition) is 5. The van der Waals surface area contributed by atoms with Gasteiger partial charge in [0, 0.05) is 4.47 Å². The van der Waals surface area contributed by atoms with E-state index in [2.05, 4.69) is 42.5 Å². The van der Waals surface area contributed by atoms with Crippen LogP contribution in [-0.4, -0.2) is 18.0 Å². The summed E-state index contributed by atoms with van der Waals surface area (Å²) in [4.78, 5) is 13.0. The van der Waals surface area contributed by atoms with Crippen molar-refractivity contribution >= 4 is 61.3 Å². The molecular formula is C25H21Br2FN2O3S. The van der Waals surface area contributed by atoms with Gasteiger partial charge in [0.25, 0.3) is 5.91 Å². The molecule has 0 aliphatic carbocycles. The van der Waals surface area contributed by atoms with Gasteiger partial charge in [0.1, 0.15) is 12.4 Å². The fourth-order valence-corrected chi connectivity index (χ4v) is 5.06. The second-order valence-electron chi connectivity index (χ2n) is 7.28. The molecule has 1 amide bonds. The zero-order valence-corrected chi connectivity index (χ0v) is 22.1. The van der Waals surface area contributed by atoms with Crippen LogP contribution in [0.4, 0.5) is 10.1 Å². The number of halogens is 3. The summed E-state index contributed by atoms with van der Waals surface area (Å²) < 4.78 is 27.5. The highest BCUT2D eigenvalue weighted by Crippen LogP contribution is 2.39. The van der Waals surface area contributed by atoms with Crippen LogP contribution in [-0.2, 0) is 11.4 Å². The summed E-state index contributed by atoms with van der Waals surface area (Å²) >= 11 is 8.30. The van der Waals surface area contributed by atoms with Crippen molar-refractivity contribution in [2.45, 2.75) is 19.0 Å². The normalized spacial score (nSPS) is 16.4. The van der Waals surface area contributed by atoms with Crippen molar-refractivity contribution in [2.24, 2.45) is 0 Å². The average Bonchev–Trinajstić information content (AvgIpc) is 3.14. The van der Waals surface area contributed by atoms with Crippen LogP contribution in [0.1, 0.15) is 18.1 Å². The van der Waals surface area contributed by atoms with Gasteiger partial charge in [0.15, 0.2) is 17.0 Å². The van der Waals surface area contributed by atoms with Crippen LogP contribution in [0.15, 0.2) is 74.5 Å². The van der Waals surface area contributed by atoms with E-state index in [0.717, 1.165) is 15.6 Å². The van der Waals surface area contributed by atoms with Crippen molar-refractivity contribution in [1.82, 2.24) is 5.32 Å². The lowest BCUT2D eigenvalue weighted by atomic mass is 10.1. The molecule has 3 aromatic rings. The minimum Gasteiger partial charge on any atom is -0.490 e. The second kappa shape index (κ2) is 11.3. The highest BCUT2D eigenvalue weighted by Gasteiger charge is 2.28. The first-order valence-electron chi connectivity index (χ1n) is 10.5. The molecule has 1 saturated heterocycles. The van der Waals surface area contributed by atoms with Crippen LogP contribution in [0.5, 0.6) is 11.5 Å². The summed E-state index contributed by atoms with van der Waals surface area (Å²) in [5.74, 6) is 0.557.